The van der Waals surface area contributed by atoms with E-state index in [2.05, 4.69) is 10.2 Å². The van der Waals surface area contributed by atoms with Crippen LogP contribution in [0.5, 0.6) is 0 Å². The van der Waals surface area contributed by atoms with Gasteiger partial charge in [0, 0.05) is 12.6 Å². The predicted molar refractivity (Wildman–Crippen MR) is 96.6 cm³/mol. The molecule has 1 aromatic rings. The van der Waals surface area contributed by atoms with E-state index in [1.807, 2.05) is 17.0 Å². The first kappa shape index (κ1) is 18.1. The summed E-state index contributed by atoms with van der Waals surface area (Å²) in [4.78, 5) is 16.1. The van der Waals surface area contributed by atoms with Crippen molar-refractivity contribution < 1.29 is 9.18 Å². The number of urea groups is 1. The smallest absolute Gasteiger partial charge is 0.316 e. The number of nitrogens with one attached hydrogen (secondary N) is 1. The van der Waals surface area contributed by atoms with Crippen LogP contribution >= 0.6 is 0 Å². The molecule has 3 rings (SSSR count). The van der Waals surface area contributed by atoms with E-state index in [0.717, 1.165) is 51.9 Å². The standard InChI is InChI=1S/C19H29FN4O/c20-17-5-3-15(4-6-17)12-16-2-1-11-23(13-16)14-24(19(21)25)18-7-9-22-10-8-18/h3-6,16,18,22H,1-2,7-14H2,(H2,21,25). The minimum absolute atomic E-state index is 0.187. The van der Waals surface area contributed by atoms with Crippen molar-refractivity contribution in [3.05, 3.63) is 35.6 Å². The third kappa shape index (κ3) is 5.16. The van der Waals surface area contributed by atoms with Gasteiger partial charge in [-0.05, 0) is 75.4 Å². The van der Waals surface area contributed by atoms with Gasteiger partial charge in [0.1, 0.15) is 5.82 Å². The van der Waals surface area contributed by atoms with Crippen LogP contribution in [0, 0.1) is 11.7 Å². The molecule has 0 aliphatic carbocycles. The predicted octanol–water partition coefficient (Wildman–Crippen LogP) is 2.17. The van der Waals surface area contributed by atoms with E-state index in [1.165, 1.54) is 24.1 Å². The summed E-state index contributed by atoms with van der Waals surface area (Å²) in [5, 5.41) is 3.33. The lowest BCUT2D eigenvalue weighted by molar-refractivity contribution is 0.0755. The van der Waals surface area contributed by atoms with Gasteiger partial charge < -0.3 is 16.0 Å². The van der Waals surface area contributed by atoms with Gasteiger partial charge in [0.05, 0.1) is 6.67 Å². The number of nitrogens with zero attached hydrogens (tertiary/aromatic N) is 2. The Morgan fingerprint density at radius 2 is 1.96 bits per heavy atom. The van der Waals surface area contributed by atoms with Crippen molar-refractivity contribution in [3.8, 4) is 0 Å². The Balaban J connectivity index is 1.56. The third-order valence-corrected chi connectivity index (χ3v) is 5.43. The van der Waals surface area contributed by atoms with Gasteiger partial charge in [0.2, 0.25) is 0 Å². The van der Waals surface area contributed by atoms with Crippen LogP contribution in [-0.4, -0.2) is 54.7 Å². The molecule has 25 heavy (non-hydrogen) atoms. The normalized spacial score (nSPS) is 22.7. The molecule has 2 amide bonds. The SMILES string of the molecule is NC(=O)N(CN1CCCC(Cc2ccc(F)cc2)C1)C1CCNCC1. The molecule has 0 spiro atoms. The van der Waals surface area contributed by atoms with Crippen LogP contribution in [-0.2, 0) is 6.42 Å². The number of piperidine rings is 2. The van der Waals surface area contributed by atoms with Crippen LogP contribution in [0.15, 0.2) is 24.3 Å². The Bertz CT molecular complexity index is 559. The number of hydrogen-bond acceptors (Lipinski definition) is 3. The van der Waals surface area contributed by atoms with Crippen LogP contribution in [0.2, 0.25) is 0 Å². The summed E-state index contributed by atoms with van der Waals surface area (Å²) in [5.74, 6) is 0.357. The molecule has 0 radical (unpaired) electrons. The highest BCUT2D eigenvalue weighted by molar-refractivity contribution is 5.72. The number of halogens is 1. The summed E-state index contributed by atoms with van der Waals surface area (Å²) in [6, 6.07) is 6.74. The summed E-state index contributed by atoms with van der Waals surface area (Å²) in [6.45, 7) is 4.49. The number of hydrogen-bond donors (Lipinski definition) is 2. The van der Waals surface area contributed by atoms with E-state index in [4.69, 9.17) is 5.73 Å². The van der Waals surface area contributed by atoms with Crippen LogP contribution in [0.1, 0.15) is 31.2 Å². The van der Waals surface area contributed by atoms with Crippen LogP contribution in [0.25, 0.3) is 0 Å². The Kier molecular flexibility index (Phi) is 6.26. The molecule has 2 heterocycles. The monoisotopic (exact) mass is 348 g/mol. The highest BCUT2D eigenvalue weighted by Crippen LogP contribution is 2.22. The van der Waals surface area contributed by atoms with Gasteiger partial charge >= 0.3 is 6.03 Å². The van der Waals surface area contributed by atoms with Gasteiger partial charge in [-0.1, -0.05) is 12.1 Å². The van der Waals surface area contributed by atoms with Gasteiger partial charge in [-0.3, -0.25) is 4.90 Å². The van der Waals surface area contributed by atoms with Gasteiger partial charge in [-0.25, -0.2) is 9.18 Å². The molecule has 0 aromatic heterocycles. The maximum absolute atomic E-state index is 13.1. The first-order valence-corrected chi connectivity index (χ1v) is 9.35. The molecule has 1 unspecified atom stereocenters. The zero-order valence-electron chi connectivity index (χ0n) is 14.8. The highest BCUT2D eigenvalue weighted by atomic mass is 19.1. The minimum atomic E-state index is -0.312. The highest BCUT2D eigenvalue weighted by Gasteiger charge is 2.28. The molecular weight excluding hydrogens is 319 g/mol. The second-order valence-corrected chi connectivity index (χ2v) is 7.35. The minimum Gasteiger partial charge on any atom is -0.351 e. The van der Waals surface area contributed by atoms with Gasteiger partial charge in [-0.15, -0.1) is 0 Å². The number of likely N-dealkylation sites (tertiary alicyclic amines) is 1. The Morgan fingerprint density at radius 3 is 2.64 bits per heavy atom. The maximum Gasteiger partial charge on any atom is 0.316 e. The second kappa shape index (κ2) is 8.63. The molecule has 1 aromatic carbocycles. The van der Waals surface area contributed by atoms with Crippen molar-refractivity contribution in [1.82, 2.24) is 15.1 Å². The average Bonchev–Trinajstić information content (AvgIpc) is 2.62. The molecule has 0 saturated carbocycles. The molecule has 3 N–H and O–H groups in total. The topological polar surface area (TPSA) is 61.6 Å². The number of rotatable bonds is 5. The largest absolute Gasteiger partial charge is 0.351 e. The van der Waals surface area contributed by atoms with E-state index < -0.39 is 0 Å². The van der Waals surface area contributed by atoms with Crippen molar-refractivity contribution in [1.29, 1.82) is 0 Å². The fraction of sp³-hybridized carbons (Fsp3) is 0.632. The third-order valence-electron chi connectivity index (χ3n) is 5.43. The Hall–Kier alpha value is -1.66. The van der Waals surface area contributed by atoms with E-state index in [0.29, 0.717) is 12.6 Å². The summed E-state index contributed by atoms with van der Waals surface area (Å²) in [5.41, 5.74) is 6.84. The zero-order valence-corrected chi connectivity index (χ0v) is 14.8. The van der Waals surface area contributed by atoms with Gasteiger partial charge in [0.25, 0.3) is 0 Å². The number of nitrogens with two attached hydrogens (primary N) is 1. The van der Waals surface area contributed by atoms with Crippen molar-refractivity contribution in [2.24, 2.45) is 11.7 Å². The van der Waals surface area contributed by atoms with Gasteiger partial charge in [0.15, 0.2) is 0 Å². The Labute approximate surface area is 149 Å². The van der Waals surface area contributed by atoms with E-state index in [-0.39, 0.29) is 17.9 Å². The summed E-state index contributed by atoms with van der Waals surface area (Å²) in [7, 11) is 0. The lowest BCUT2D eigenvalue weighted by Gasteiger charge is -2.40. The first-order valence-electron chi connectivity index (χ1n) is 9.35. The van der Waals surface area contributed by atoms with Crippen molar-refractivity contribution in [2.45, 2.75) is 38.1 Å². The van der Waals surface area contributed by atoms with Crippen LogP contribution in [0.4, 0.5) is 9.18 Å². The fourth-order valence-electron chi connectivity index (χ4n) is 4.10. The molecule has 2 aliphatic rings. The van der Waals surface area contributed by atoms with E-state index in [9.17, 15) is 9.18 Å². The maximum atomic E-state index is 13.1. The number of amides is 2. The van der Waals surface area contributed by atoms with Crippen LogP contribution < -0.4 is 11.1 Å². The van der Waals surface area contributed by atoms with E-state index in [1.54, 1.807) is 0 Å². The lowest BCUT2D eigenvalue weighted by atomic mass is 9.91. The number of carbonyl (C=O) groups is 1. The molecule has 2 aliphatic heterocycles. The fourth-order valence-corrected chi connectivity index (χ4v) is 4.10. The van der Waals surface area contributed by atoms with Crippen molar-refractivity contribution >= 4 is 6.03 Å². The number of carbonyl (C=O) groups excluding carboxylic acids is 1. The zero-order chi connectivity index (χ0) is 17.6. The molecule has 2 saturated heterocycles. The summed E-state index contributed by atoms with van der Waals surface area (Å²) >= 11 is 0. The van der Waals surface area contributed by atoms with Crippen LogP contribution in [0.3, 0.4) is 0 Å². The molecule has 5 nitrogen and oxygen atoms in total. The summed E-state index contributed by atoms with van der Waals surface area (Å²) < 4.78 is 13.1. The summed E-state index contributed by atoms with van der Waals surface area (Å²) in [6.07, 6.45) is 5.20. The number of benzene rings is 1. The number of primary amides is 1. The van der Waals surface area contributed by atoms with Gasteiger partial charge in [-0.2, -0.15) is 0 Å². The molecule has 1 atom stereocenters. The first-order chi connectivity index (χ1) is 12.1. The van der Waals surface area contributed by atoms with Crippen molar-refractivity contribution in [3.63, 3.8) is 0 Å². The average molecular weight is 348 g/mol. The lowest BCUT2D eigenvalue weighted by Crippen LogP contribution is -2.54. The molecule has 2 fully saturated rings. The molecular formula is C19H29FN4O. The van der Waals surface area contributed by atoms with E-state index >= 15 is 0 Å². The van der Waals surface area contributed by atoms with Crippen molar-refractivity contribution in [2.75, 3.05) is 32.8 Å². The molecule has 6 heteroatoms. The quantitative estimate of drug-likeness (QED) is 0.857. The molecule has 0 bridgehead atoms. The second-order valence-electron chi connectivity index (χ2n) is 7.35. The Morgan fingerprint density at radius 1 is 1.24 bits per heavy atom. The molecule has 138 valence electrons.